The van der Waals surface area contributed by atoms with Gasteiger partial charge in [0.2, 0.25) is 0 Å². The van der Waals surface area contributed by atoms with Gasteiger partial charge in [-0.25, -0.2) is 4.39 Å². The Hall–Kier alpha value is -1.39. The van der Waals surface area contributed by atoms with Crippen LogP contribution in [0.5, 0.6) is 0 Å². The van der Waals surface area contributed by atoms with Crippen LogP contribution in [-0.2, 0) is 13.0 Å². The first-order valence-electron chi connectivity index (χ1n) is 6.54. The van der Waals surface area contributed by atoms with E-state index in [1.54, 1.807) is 12.1 Å². The lowest BCUT2D eigenvalue weighted by molar-refractivity contribution is 0.625. The molecule has 2 N–H and O–H groups in total. The van der Waals surface area contributed by atoms with Gasteiger partial charge < -0.3 is 10.6 Å². The number of nitrogens with zero attached hydrogens (tertiary/aromatic N) is 1. The van der Waals surface area contributed by atoms with Crippen LogP contribution >= 0.6 is 15.9 Å². The van der Waals surface area contributed by atoms with Crippen LogP contribution in [0, 0.1) is 5.82 Å². The SMILES string of the molecule is CN(Cc1cccc(F)c1)c1ccc(CCN)cc1Br. The van der Waals surface area contributed by atoms with Crippen LogP contribution in [0.2, 0.25) is 0 Å². The van der Waals surface area contributed by atoms with E-state index in [0.717, 1.165) is 22.1 Å². The number of hydrogen-bond donors (Lipinski definition) is 1. The van der Waals surface area contributed by atoms with Crippen molar-refractivity contribution in [3.05, 3.63) is 63.9 Å². The predicted molar refractivity (Wildman–Crippen MR) is 85.4 cm³/mol. The van der Waals surface area contributed by atoms with Crippen LogP contribution < -0.4 is 10.6 Å². The van der Waals surface area contributed by atoms with Crippen LogP contribution in [-0.4, -0.2) is 13.6 Å². The normalized spacial score (nSPS) is 10.6. The van der Waals surface area contributed by atoms with E-state index in [9.17, 15) is 4.39 Å². The van der Waals surface area contributed by atoms with Gasteiger partial charge in [0.15, 0.2) is 0 Å². The summed E-state index contributed by atoms with van der Waals surface area (Å²) in [6, 6.07) is 12.9. The third kappa shape index (κ3) is 3.81. The molecule has 0 fully saturated rings. The topological polar surface area (TPSA) is 29.3 Å². The molecule has 20 heavy (non-hydrogen) atoms. The Morgan fingerprint density at radius 3 is 2.60 bits per heavy atom. The first-order chi connectivity index (χ1) is 9.60. The van der Waals surface area contributed by atoms with E-state index in [-0.39, 0.29) is 5.82 Å². The van der Waals surface area contributed by atoms with Gasteiger partial charge in [-0.1, -0.05) is 18.2 Å². The minimum Gasteiger partial charge on any atom is -0.369 e. The van der Waals surface area contributed by atoms with Gasteiger partial charge in [0.05, 0.1) is 5.69 Å². The highest BCUT2D eigenvalue weighted by molar-refractivity contribution is 9.10. The Bertz CT molecular complexity index is 586. The summed E-state index contributed by atoms with van der Waals surface area (Å²) < 4.78 is 14.2. The zero-order valence-corrected chi connectivity index (χ0v) is 13.0. The van der Waals surface area contributed by atoms with Gasteiger partial charge in [0.1, 0.15) is 5.82 Å². The highest BCUT2D eigenvalue weighted by Gasteiger charge is 2.07. The number of rotatable bonds is 5. The van der Waals surface area contributed by atoms with Gasteiger partial charge >= 0.3 is 0 Å². The van der Waals surface area contributed by atoms with E-state index in [1.165, 1.54) is 11.6 Å². The second kappa shape index (κ2) is 6.86. The standard InChI is InChI=1S/C16H18BrFN2/c1-20(11-13-3-2-4-14(18)9-13)16-6-5-12(7-8-19)10-15(16)17/h2-6,9-10H,7-8,11,19H2,1H3. The Balaban J connectivity index is 2.14. The molecule has 2 aromatic carbocycles. The quantitative estimate of drug-likeness (QED) is 0.901. The molecule has 0 aliphatic rings. The van der Waals surface area contributed by atoms with Crippen LogP contribution in [0.4, 0.5) is 10.1 Å². The largest absolute Gasteiger partial charge is 0.369 e. The summed E-state index contributed by atoms with van der Waals surface area (Å²) in [6.45, 7) is 1.30. The van der Waals surface area contributed by atoms with Gasteiger partial charge in [-0.3, -0.25) is 0 Å². The lowest BCUT2D eigenvalue weighted by Crippen LogP contribution is -2.17. The monoisotopic (exact) mass is 336 g/mol. The van der Waals surface area contributed by atoms with Crippen molar-refractivity contribution in [1.29, 1.82) is 0 Å². The Morgan fingerprint density at radius 2 is 1.95 bits per heavy atom. The Labute approximate surface area is 127 Å². The fourth-order valence-corrected chi connectivity index (χ4v) is 2.91. The number of anilines is 1. The summed E-state index contributed by atoms with van der Waals surface area (Å²) in [5.74, 6) is -0.201. The van der Waals surface area contributed by atoms with Crippen LogP contribution in [0.1, 0.15) is 11.1 Å². The Morgan fingerprint density at radius 1 is 1.15 bits per heavy atom. The molecule has 0 amide bonds. The van der Waals surface area contributed by atoms with E-state index in [0.29, 0.717) is 13.1 Å². The second-order valence-electron chi connectivity index (χ2n) is 4.81. The highest BCUT2D eigenvalue weighted by atomic mass is 79.9. The van der Waals surface area contributed by atoms with E-state index in [1.807, 2.05) is 13.1 Å². The first kappa shape index (κ1) is 15.0. The molecule has 0 saturated carbocycles. The smallest absolute Gasteiger partial charge is 0.123 e. The number of benzene rings is 2. The van der Waals surface area contributed by atoms with Crippen LogP contribution in [0.15, 0.2) is 46.9 Å². The lowest BCUT2D eigenvalue weighted by atomic mass is 10.1. The van der Waals surface area contributed by atoms with Gasteiger partial charge in [0, 0.05) is 18.1 Å². The third-order valence-corrected chi connectivity index (χ3v) is 3.80. The molecule has 0 unspecified atom stereocenters. The molecule has 2 nitrogen and oxygen atoms in total. The molecule has 0 aliphatic carbocycles. The predicted octanol–water partition coefficient (Wildman–Crippen LogP) is 3.73. The fraction of sp³-hybridized carbons (Fsp3) is 0.250. The van der Waals surface area contributed by atoms with Gasteiger partial charge in [-0.15, -0.1) is 0 Å². The lowest BCUT2D eigenvalue weighted by Gasteiger charge is -2.21. The third-order valence-electron chi connectivity index (χ3n) is 3.17. The van der Waals surface area contributed by atoms with Crippen molar-refractivity contribution >= 4 is 21.6 Å². The number of halogens is 2. The number of hydrogen-bond acceptors (Lipinski definition) is 2. The summed E-state index contributed by atoms with van der Waals surface area (Å²) in [4.78, 5) is 2.09. The second-order valence-corrected chi connectivity index (χ2v) is 5.66. The zero-order valence-electron chi connectivity index (χ0n) is 11.4. The maximum atomic E-state index is 13.2. The van der Waals surface area contributed by atoms with Gasteiger partial charge in [-0.05, 0) is 64.3 Å². The van der Waals surface area contributed by atoms with Gasteiger partial charge in [-0.2, -0.15) is 0 Å². The van der Waals surface area contributed by atoms with Crippen molar-refractivity contribution in [2.45, 2.75) is 13.0 Å². The van der Waals surface area contributed by atoms with Crippen molar-refractivity contribution < 1.29 is 4.39 Å². The fourth-order valence-electron chi connectivity index (χ4n) is 2.18. The minimum atomic E-state index is -0.201. The van der Waals surface area contributed by atoms with E-state index in [4.69, 9.17) is 5.73 Å². The molecule has 0 aromatic heterocycles. The molecular weight excluding hydrogens is 319 g/mol. The van der Waals surface area contributed by atoms with Crippen molar-refractivity contribution in [3.8, 4) is 0 Å². The van der Waals surface area contributed by atoms with E-state index >= 15 is 0 Å². The Kier molecular flexibility index (Phi) is 5.15. The molecule has 0 radical (unpaired) electrons. The average Bonchev–Trinajstić information content (AvgIpc) is 2.39. The highest BCUT2D eigenvalue weighted by Crippen LogP contribution is 2.27. The summed E-state index contributed by atoms with van der Waals surface area (Å²) >= 11 is 3.59. The van der Waals surface area contributed by atoms with Crippen molar-refractivity contribution in [3.63, 3.8) is 0 Å². The number of nitrogens with two attached hydrogens (primary N) is 1. The zero-order chi connectivity index (χ0) is 14.5. The molecule has 2 aromatic rings. The summed E-state index contributed by atoms with van der Waals surface area (Å²) in [6.07, 6.45) is 0.868. The molecule has 0 bridgehead atoms. The maximum Gasteiger partial charge on any atom is 0.123 e. The van der Waals surface area contributed by atoms with Crippen molar-refractivity contribution in [2.75, 3.05) is 18.5 Å². The molecule has 4 heteroatoms. The van der Waals surface area contributed by atoms with Crippen molar-refractivity contribution in [2.24, 2.45) is 5.73 Å². The van der Waals surface area contributed by atoms with E-state index in [2.05, 4.69) is 39.0 Å². The first-order valence-corrected chi connectivity index (χ1v) is 7.33. The average molecular weight is 337 g/mol. The van der Waals surface area contributed by atoms with Crippen LogP contribution in [0.25, 0.3) is 0 Å². The maximum absolute atomic E-state index is 13.2. The van der Waals surface area contributed by atoms with Gasteiger partial charge in [0.25, 0.3) is 0 Å². The molecule has 0 spiro atoms. The summed E-state index contributed by atoms with van der Waals surface area (Å²) in [5, 5.41) is 0. The molecule has 0 heterocycles. The molecule has 106 valence electrons. The molecule has 0 atom stereocenters. The summed E-state index contributed by atoms with van der Waals surface area (Å²) in [5.41, 5.74) is 8.80. The van der Waals surface area contributed by atoms with Crippen molar-refractivity contribution in [1.82, 2.24) is 0 Å². The molecule has 0 saturated heterocycles. The molecular formula is C16H18BrFN2. The molecule has 2 rings (SSSR count). The minimum absolute atomic E-state index is 0.201. The molecule has 0 aliphatic heterocycles. The summed E-state index contributed by atoms with van der Waals surface area (Å²) in [7, 11) is 1.99. The van der Waals surface area contributed by atoms with E-state index < -0.39 is 0 Å². The van der Waals surface area contributed by atoms with Crippen LogP contribution in [0.3, 0.4) is 0 Å².